The van der Waals surface area contributed by atoms with Gasteiger partial charge in [-0.05, 0) is 34.8 Å². The van der Waals surface area contributed by atoms with Crippen LogP contribution in [0.15, 0.2) is 78.9 Å². The van der Waals surface area contributed by atoms with Crippen LogP contribution in [0.5, 0.6) is 0 Å². The standard InChI is InChI=1S/C17H14N6O/c24-17(21-14-6-9-19-11-20-14)15-13-3-1-2-10-23(13)16(22-15)12-4-7-18-8-5-12/h1-11,16,22H,(H,19,20,21,24)/p+1. The van der Waals surface area contributed by atoms with E-state index in [0.717, 1.165) is 11.3 Å². The normalized spacial score (nSPS) is 18.3. The smallest absolute Gasteiger partial charge is 0.286 e. The lowest BCUT2D eigenvalue weighted by atomic mass is 10.2. The third-order valence-electron chi connectivity index (χ3n) is 3.81. The molecule has 2 aliphatic heterocycles. The fourth-order valence-electron chi connectivity index (χ4n) is 2.72. The Kier molecular flexibility index (Phi) is 3.51. The highest BCUT2D eigenvalue weighted by atomic mass is 16.2. The minimum absolute atomic E-state index is 0.151. The van der Waals surface area contributed by atoms with E-state index < -0.39 is 0 Å². The lowest BCUT2D eigenvalue weighted by Gasteiger charge is -2.25. The van der Waals surface area contributed by atoms with Crippen LogP contribution in [0.25, 0.3) is 0 Å². The first kappa shape index (κ1) is 14.1. The maximum Gasteiger partial charge on any atom is 0.286 e. The molecule has 118 valence electrons. The van der Waals surface area contributed by atoms with Gasteiger partial charge < -0.3 is 10.2 Å². The second-order valence-corrected chi connectivity index (χ2v) is 5.29. The zero-order valence-corrected chi connectivity index (χ0v) is 12.7. The first-order chi connectivity index (χ1) is 11.8. The van der Waals surface area contributed by atoms with E-state index in [1.54, 1.807) is 24.7 Å². The van der Waals surface area contributed by atoms with Gasteiger partial charge >= 0.3 is 0 Å². The van der Waals surface area contributed by atoms with Crippen molar-refractivity contribution in [2.45, 2.75) is 6.17 Å². The van der Waals surface area contributed by atoms with Crippen LogP contribution in [-0.2, 0) is 4.79 Å². The molecule has 7 heteroatoms. The summed E-state index contributed by atoms with van der Waals surface area (Å²) in [6, 6.07) is 5.56. The van der Waals surface area contributed by atoms with Crippen molar-refractivity contribution in [2.75, 3.05) is 5.32 Å². The van der Waals surface area contributed by atoms with Crippen LogP contribution in [0.3, 0.4) is 0 Å². The Balaban J connectivity index is 1.64. The van der Waals surface area contributed by atoms with Gasteiger partial charge in [0.2, 0.25) is 0 Å². The van der Waals surface area contributed by atoms with E-state index in [4.69, 9.17) is 0 Å². The number of hydrogen-bond donors (Lipinski definition) is 2. The van der Waals surface area contributed by atoms with Gasteiger partial charge in [-0.3, -0.25) is 20.1 Å². The molecule has 2 aromatic rings. The topological polar surface area (TPSA) is 84.3 Å². The molecule has 4 rings (SSSR count). The Bertz CT molecular complexity index is 844. The molecule has 4 heterocycles. The minimum atomic E-state index is -0.231. The molecular weight excluding hydrogens is 304 g/mol. The van der Waals surface area contributed by atoms with Crippen molar-refractivity contribution in [1.82, 2.24) is 20.2 Å². The number of fused-ring (bicyclic) bond motifs is 1. The zero-order chi connectivity index (χ0) is 16.4. The number of carbonyl (C=O) groups is 1. The van der Waals surface area contributed by atoms with Crippen LogP contribution in [-0.4, -0.2) is 20.8 Å². The van der Waals surface area contributed by atoms with Crippen LogP contribution in [0.4, 0.5) is 5.82 Å². The van der Waals surface area contributed by atoms with Gasteiger partial charge in [0.1, 0.15) is 11.9 Å². The molecule has 1 atom stereocenters. The van der Waals surface area contributed by atoms with Crippen LogP contribution in [0.1, 0.15) is 11.7 Å². The molecule has 0 radical (unpaired) electrons. The van der Waals surface area contributed by atoms with Gasteiger partial charge in [-0.15, -0.1) is 0 Å². The van der Waals surface area contributed by atoms with Crippen molar-refractivity contribution in [2.24, 2.45) is 0 Å². The maximum absolute atomic E-state index is 12.7. The van der Waals surface area contributed by atoms with E-state index in [1.807, 2.05) is 41.5 Å². The average molecular weight is 319 g/mol. The molecule has 0 bridgehead atoms. The van der Waals surface area contributed by atoms with Crippen molar-refractivity contribution in [1.29, 1.82) is 0 Å². The van der Waals surface area contributed by atoms with Crippen LogP contribution >= 0.6 is 0 Å². The van der Waals surface area contributed by atoms with E-state index in [-0.39, 0.29) is 12.1 Å². The molecule has 0 spiro atoms. The minimum Gasteiger partial charge on any atom is -0.355 e. The molecule has 2 aromatic heterocycles. The fraction of sp³-hybridized carbons (Fsp3) is 0.0588. The Morgan fingerprint density at radius 1 is 1.25 bits per heavy atom. The molecule has 3 N–H and O–H groups in total. The van der Waals surface area contributed by atoms with E-state index in [0.29, 0.717) is 11.5 Å². The first-order valence-electron chi connectivity index (χ1n) is 7.50. The van der Waals surface area contributed by atoms with E-state index >= 15 is 0 Å². The van der Waals surface area contributed by atoms with Crippen molar-refractivity contribution < 1.29 is 9.78 Å². The summed E-state index contributed by atoms with van der Waals surface area (Å²) < 4.78 is 0. The number of aromatic amines is 1. The lowest BCUT2D eigenvalue weighted by Crippen LogP contribution is -2.28. The predicted octanol–water partition coefficient (Wildman–Crippen LogP) is 1.13. The van der Waals surface area contributed by atoms with Gasteiger partial charge in [0, 0.05) is 24.7 Å². The predicted molar refractivity (Wildman–Crippen MR) is 86.7 cm³/mol. The quantitative estimate of drug-likeness (QED) is 0.886. The van der Waals surface area contributed by atoms with Crippen molar-refractivity contribution in [3.8, 4) is 0 Å². The van der Waals surface area contributed by atoms with Crippen molar-refractivity contribution in [3.05, 3.63) is 84.5 Å². The van der Waals surface area contributed by atoms with E-state index in [1.165, 1.54) is 6.33 Å². The summed E-state index contributed by atoms with van der Waals surface area (Å²) in [5, 5.41) is 6.10. The molecule has 0 aromatic carbocycles. The molecule has 0 aliphatic carbocycles. The first-order valence-corrected chi connectivity index (χ1v) is 7.50. The lowest BCUT2D eigenvalue weighted by molar-refractivity contribution is -0.382. The molecule has 0 saturated carbocycles. The summed E-state index contributed by atoms with van der Waals surface area (Å²) in [5.74, 6) is 0.257. The van der Waals surface area contributed by atoms with Gasteiger partial charge in [0.25, 0.3) is 18.1 Å². The number of amides is 1. The van der Waals surface area contributed by atoms with Gasteiger partial charge in [-0.2, -0.15) is 0 Å². The summed E-state index contributed by atoms with van der Waals surface area (Å²) >= 11 is 0. The van der Waals surface area contributed by atoms with E-state index in [9.17, 15) is 4.79 Å². The summed E-state index contributed by atoms with van der Waals surface area (Å²) in [4.78, 5) is 25.6. The molecule has 24 heavy (non-hydrogen) atoms. The molecule has 0 saturated heterocycles. The average Bonchev–Trinajstić information content (AvgIpc) is 3.03. The van der Waals surface area contributed by atoms with Gasteiger partial charge in [0.15, 0.2) is 0 Å². The van der Waals surface area contributed by atoms with Crippen molar-refractivity contribution in [3.63, 3.8) is 0 Å². The summed E-state index contributed by atoms with van der Waals surface area (Å²) in [5.41, 5.74) is 2.35. The number of aromatic nitrogens is 3. The van der Waals surface area contributed by atoms with Gasteiger partial charge in [-0.25, -0.2) is 0 Å². The Hall–Kier alpha value is -3.48. The van der Waals surface area contributed by atoms with E-state index in [2.05, 4.69) is 25.6 Å². The van der Waals surface area contributed by atoms with Gasteiger partial charge in [-0.1, -0.05) is 6.08 Å². The molecule has 0 fully saturated rings. The largest absolute Gasteiger partial charge is 0.355 e. The fourth-order valence-corrected chi connectivity index (χ4v) is 2.72. The number of carbonyl (C=O) groups excluding carboxylic acids is 1. The maximum atomic E-state index is 12.7. The second kappa shape index (κ2) is 5.96. The molecule has 1 amide bonds. The number of H-pyrrole nitrogens is 1. The number of anilines is 1. The highest BCUT2D eigenvalue weighted by molar-refractivity contribution is 6.04. The highest BCUT2D eigenvalue weighted by Gasteiger charge is 2.34. The molecule has 7 nitrogen and oxygen atoms in total. The van der Waals surface area contributed by atoms with Crippen LogP contribution < -0.4 is 15.6 Å². The number of pyridine rings is 1. The number of nitrogens with one attached hydrogen (secondary N) is 3. The van der Waals surface area contributed by atoms with Crippen LogP contribution in [0.2, 0.25) is 0 Å². The number of rotatable bonds is 3. The number of hydrogen-bond acceptors (Lipinski definition) is 5. The third-order valence-corrected chi connectivity index (χ3v) is 3.81. The molecule has 2 aliphatic rings. The van der Waals surface area contributed by atoms with Gasteiger partial charge in [0.05, 0.1) is 11.9 Å². The monoisotopic (exact) mass is 319 g/mol. The van der Waals surface area contributed by atoms with Crippen molar-refractivity contribution >= 4 is 11.7 Å². The summed E-state index contributed by atoms with van der Waals surface area (Å²) in [7, 11) is 0. The zero-order valence-electron chi connectivity index (χ0n) is 12.7. The summed E-state index contributed by atoms with van der Waals surface area (Å²) in [6.07, 6.45) is 14.3. The van der Waals surface area contributed by atoms with Crippen LogP contribution in [0, 0.1) is 0 Å². The Morgan fingerprint density at radius 2 is 2.12 bits per heavy atom. The Morgan fingerprint density at radius 3 is 2.92 bits per heavy atom. The second-order valence-electron chi connectivity index (χ2n) is 5.29. The Labute approximate surface area is 138 Å². The third kappa shape index (κ3) is 2.52. The molecular formula is C17H15N6O+. The SMILES string of the molecule is O=C(Nc1cc[nH+]cn1)C1=C2C=CC=CN2C(c2ccncc2)N1. The molecule has 1 unspecified atom stereocenters. The number of nitrogens with zero attached hydrogens (tertiary/aromatic N) is 3. The number of allylic oxidation sites excluding steroid dienone is 3. The highest BCUT2D eigenvalue weighted by Crippen LogP contribution is 2.33. The summed E-state index contributed by atoms with van der Waals surface area (Å²) in [6.45, 7) is 0.